The summed E-state index contributed by atoms with van der Waals surface area (Å²) in [7, 11) is 0. The van der Waals surface area contributed by atoms with Crippen LogP contribution in [-0.2, 0) is 12.8 Å². The number of carbonyl (C=O) groups is 1. The third-order valence-electron chi connectivity index (χ3n) is 3.29. The van der Waals surface area contributed by atoms with Gasteiger partial charge in [-0.3, -0.25) is 9.78 Å². The fourth-order valence-corrected chi connectivity index (χ4v) is 2.61. The average Bonchev–Trinajstić information content (AvgIpc) is 2.47. The van der Waals surface area contributed by atoms with Gasteiger partial charge in [0.2, 0.25) is 5.78 Å². The minimum Gasteiger partial charge on any atom is -0.287 e. The van der Waals surface area contributed by atoms with E-state index < -0.39 is 0 Å². The first-order valence-electron chi connectivity index (χ1n) is 5.94. The molecule has 0 atom stereocenters. The smallest absolute Gasteiger partial charge is 0.211 e. The van der Waals surface area contributed by atoms with E-state index in [1.807, 2.05) is 19.1 Å². The van der Waals surface area contributed by atoms with Crippen LogP contribution in [0.25, 0.3) is 0 Å². The van der Waals surface area contributed by atoms with E-state index in [9.17, 15) is 4.79 Å². The van der Waals surface area contributed by atoms with Gasteiger partial charge in [0.1, 0.15) is 5.69 Å². The summed E-state index contributed by atoms with van der Waals surface area (Å²) in [5, 5.41) is 0.677. The Kier molecular flexibility index (Phi) is 2.67. The molecule has 0 radical (unpaired) electrons. The monoisotopic (exact) mass is 257 g/mol. The van der Waals surface area contributed by atoms with Crippen molar-refractivity contribution in [2.45, 2.75) is 19.8 Å². The molecule has 1 aromatic carbocycles. The van der Waals surface area contributed by atoms with Gasteiger partial charge in [-0.2, -0.15) is 0 Å². The zero-order valence-electron chi connectivity index (χ0n) is 10.0. The molecule has 0 spiro atoms. The van der Waals surface area contributed by atoms with Crippen LogP contribution in [0, 0.1) is 6.92 Å². The Morgan fingerprint density at radius 1 is 1.17 bits per heavy atom. The van der Waals surface area contributed by atoms with E-state index in [1.165, 1.54) is 0 Å². The van der Waals surface area contributed by atoms with Gasteiger partial charge >= 0.3 is 0 Å². The van der Waals surface area contributed by atoms with E-state index in [-0.39, 0.29) is 5.78 Å². The number of benzene rings is 1. The lowest BCUT2D eigenvalue weighted by Crippen LogP contribution is -2.07. The van der Waals surface area contributed by atoms with Gasteiger partial charge in [0, 0.05) is 16.8 Å². The molecule has 0 saturated heterocycles. The van der Waals surface area contributed by atoms with E-state index in [4.69, 9.17) is 11.6 Å². The van der Waals surface area contributed by atoms with Crippen molar-refractivity contribution in [2.75, 3.05) is 0 Å². The van der Waals surface area contributed by atoms with Gasteiger partial charge in [0.15, 0.2) is 0 Å². The second-order valence-corrected chi connectivity index (χ2v) is 5.09. The van der Waals surface area contributed by atoms with E-state index in [2.05, 4.69) is 4.98 Å². The van der Waals surface area contributed by atoms with Crippen LogP contribution < -0.4 is 0 Å². The van der Waals surface area contributed by atoms with Crippen molar-refractivity contribution < 1.29 is 4.79 Å². The number of hydrogen-bond acceptors (Lipinski definition) is 2. The molecular weight excluding hydrogens is 246 g/mol. The Morgan fingerprint density at radius 3 is 2.78 bits per heavy atom. The van der Waals surface area contributed by atoms with Crippen molar-refractivity contribution >= 4 is 17.4 Å². The summed E-state index contributed by atoms with van der Waals surface area (Å²) in [6.07, 6.45) is 3.42. The van der Waals surface area contributed by atoms with Crippen molar-refractivity contribution in [1.82, 2.24) is 4.98 Å². The molecule has 18 heavy (non-hydrogen) atoms. The Morgan fingerprint density at radius 2 is 1.94 bits per heavy atom. The predicted octanol–water partition coefficient (Wildman–Crippen LogP) is 3.37. The molecule has 2 nitrogen and oxygen atoms in total. The SMILES string of the molecule is Cc1cnc2c(c1)CCc1cc(Cl)ccc1C2=O. The van der Waals surface area contributed by atoms with E-state index in [0.717, 1.165) is 35.1 Å². The lowest BCUT2D eigenvalue weighted by molar-refractivity contribution is 0.103. The predicted molar refractivity (Wildman–Crippen MR) is 71.3 cm³/mol. The summed E-state index contributed by atoms with van der Waals surface area (Å²) in [5.74, 6) is 0.00849. The van der Waals surface area contributed by atoms with Crippen LogP contribution in [0.15, 0.2) is 30.5 Å². The number of pyridine rings is 1. The zero-order valence-corrected chi connectivity index (χ0v) is 10.8. The fraction of sp³-hybridized carbons (Fsp3) is 0.200. The number of ketones is 1. The molecule has 90 valence electrons. The molecule has 0 unspecified atom stereocenters. The molecule has 3 heteroatoms. The Balaban J connectivity index is 2.18. The standard InChI is InChI=1S/C15H12ClNO/c1-9-6-11-3-2-10-7-12(16)4-5-13(10)15(18)14(11)17-8-9/h4-8H,2-3H2,1H3. The summed E-state index contributed by atoms with van der Waals surface area (Å²) in [5.41, 5.74) is 4.46. The zero-order chi connectivity index (χ0) is 12.7. The number of nitrogens with zero attached hydrogens (tertiary/aromatic N) is 1. The van der Waals surface area contributed by atoms with Crippen molar-refractivity contribution in [3.8, 4) is 0 Å². The fourth-order valence-electron chi connectivity index (χ4n) is 2.41. The highest BCUT2D eigenvalue weighted by Gasteiger charge is 2.22. The summed E-state index contributed by atoms with van der Waals surface area (Å²) >= 11 is 5.99. The van der Waals surface area contributed by atoms with Gasteiger partial charge in [-0.25, -0.2) is 0 Å². The minimum absolute atomic E-state index is 0.00849. The molecule has 0 N–H and O–H groups in total. The Labute approximate surface area is 111 Å². The van der Waals surface area contributed by atoms with Crippen LogP contribution >= 0.6 is 11.6 Å². The van der Waals surface area contributed by atoms with Gasteiger partial charge in [-0.1, -0.05) is 17.7 Å². The van der Waals surface area contributed by atoms with Gasteiger partial charge in [0.05, 0.1) is 0 Å². The maximum atomic E-state index is 12.4. The third kappa shape index (κ3) is 1.83. The highest BCUT2D eigenvalue weighted by molar-refractivity contribution is 6.30. The molecule has 0 aliphatic heterocycles. The summed E-state index contributed by atoms with van der Waals surface area (Å²) in [4.78, 5) is 16.7. The first kappa shape index (κ1) is 11.4. The van der Waals surface area contributed by atoms with Crippen LogP contribution in [0.2, 0.25) is 5.02 Å². The molecule has 2 aromatic rings. The van der Waals surface area contributed by atoms with Crippen LogP contribution in [0.4, 0.5) is 0 Å². The molecule has 0 saturated carbocycles. The molecule has 0 fully saturated rings. The van der Waals surface area contributed by atoms with E-state index in [0.29, 0.717) is 10.7 Å². The molecule has 3 rings (SSSR count). The van der Waals surface area contributed by atoms with Crippen LogP contribution in [0.1, 0.15) is 32.7 Å². The minimum atomic E-state index is 0.00849. The van der Waals surface area contributed by atoms with Crippen molar-refractivity contribution in [3.63, 3.8) is 0 Å². The van der Waals surface area contributed by atoms with Gasteiger partial charge < -0.3 is 0 Å². The molecule has 1 heterocycles. The largest absolute Gasteiger partial charge is 0.287 e. The van der Waals surface area contributed by atoms with Crippen molar-refractivity contribution in [2.24, 2.45) is 0 Å². The Bertz CT molecular complexity index is 593. The summed E-state index contributed by atoms with van der Waals surface area (Å²) in [6.45, 7) is 1.99. The first-order chi connectivity index (χ1) is 8.65. The summed E-state index contributed by atoms with van der Waals surface area (Å²) < 4.78 is 0. The highest BCUT2D eigenvalue weighted by atomic mass is 35.5. The lowest BCUT2D eigenvalue weighted by atomic mass is 10.0. The number of aryl methyl sites for hydroxylation is 3. The number of aromatic nitrogens is 1. The molecular formula is C15H12ClNO. The van der Waals surface area contributed by atoms with Crippen molar-refractivity contribution in [3.05, 3.63) is 63.4 Å². The molecule has 1 aliphatic carbocycles. The normalized spacial score (nSPS) is 13.8. The van der Waals surface area contributed by atoms with Gasteiger partial charge in [0.25, 0.3) is 0 Å². The maximum Gasteiger partial charge on any atom is 0.211 e. The second-order valence-electron chi connectivity index (χ2n) is 4.65. The molecule has 1 aliphatic rings. The molecule has 1 aromatic heterocycles. The number of rotatable bonds is 0. The van der Waals surface area contributed by atoms with Gasteiger partial charge in [-0.05, 0) is 54.7 Å². The number of carbonyl (C=O) groups excluding carboxylic acids is 1. The van der Waals surface area contributed by atoms with Crippen LogP contribution in [0.3, 0.4) is 0 Å². The Hall–Kier alpha value is -1.67. The lowest BCUT2D eigenvalue weighted by Gasteiger charge is -2.05. The maximum absolute atomic E-state index is 12.4. The third-order valence-corrected chi connectivity index (χ3v) is 3.53. The number of halogens is 1. The first-order valence-corrected chi connectivity index (χ1v) is 6.31. The quantitative estimate of drug-likeness (QED) is 0.724. The summed E-state index contributed by atoms with van der Waals surface area (Å²) in [6, 6.07) is 7.50. The average molecular weight is 258 g/mol. The van der Waals surface area contributed by atoms with Gasteiger partial charge in [-0.15, -0.1) is 0 Å². The van der Waals surface area contributed by atoms with Crippen molar-refractivity contribution in [1.29, 1.82) is 0 Å². The molecule has 0 bridgehead atoms. The van der Waals surface area contributed by atoms with Crippen LogP contribution in [-0.4, -0.2) is 10.8 Å². The van der Waals surface area contributed by atoms with Crippen LogP contribution in [0.5, 0.6) is 0 Å². The molecule has 0 amide bonds. The topological polar surface area (TPSA) is 30.0 Å². The number of hydrogen-bond donors (Lipinski definition) is 0. The van der Waals surface area contributed by atoms with E-state index >= 15 is 0 Å². The van der Waals surface area contributed by atoms with E-state index in [1.54, 1.807) is 18.3 Å². The number of fused-ring (bicyclic) bond motifs is 2. The highest BCUT2D eigenvalue weighted by Crippen LogP contribution is 2.25. The second kappa shape index (κ2) is 4.21.